The second-order valence-corrected chi connectivity index (χ2v) is 9.51. The zero-order valence-corrected chi connectivity index (χ0v) is 20.2. The van der Waals surface area contributed by atoms with E-state index < -0.39 is 23.6 Å². The van der Waals surface area contributed by atoms with Crippen molar-refractivity contribution in [2.24, 2.45) is 5.92 Å². The van der Waals surface area contributed by atoms with Crippen LogP contribution in [0, 0.1) is 11.7 Å². The van der Waals surface area contributed by atoms with Crippen LogP contribution in [0.25, 0.3) is 0 Å². The summed E-state index contributed by atoms with van der Waals surface area (Å²) in [4.78, 5) is 39.2. The highest BCUT2D eigenvalue weighted by molar-refractivity contribution is 6.34. The number of fused-ring (bicyclic) bond motifs is 3. The number of aliphatic carboxylic acids is 1. The number of hydrogen-bond acceptors (Lipinski definition) is 4. The number of phenols is 1. The van der Waals surface area contributed by atoms with Crippen LogP contribution >= 0.6 is 11.6 Å². The number of benzene rings is 3. The summed E-state index contributed by atoms with van der Waals surface area (Å²) in [5, 5.41) is 22.8. The van der Waals surface area contributed by atoms with Crippen LogP contribution in [0.5, 0.6) is 5.75 Å². The molecule has 3 N–H and O–H groups in total. The number of nitrogens with zero attached hydrogens (tertiary/aromatic N) is 1. The number of para-hydroxylation sites is 1. The third kappa shape index (κ3) is 4.68. The van der Waals surface area contributed by atoms with E-state index in [1.54, 1.807) is 11.0 Å². The molecule has 2 aliphatic rings. The minimum atomic E-state index is -0.921. The maximum absolute atomic E-state index is 13.6. The Morgan fingerprint density at radius 2 is 1.81 bits per heavy atom. The van der Waals surface area contributed by atoms with Crippen molar-refractivity contribution in [3.05, 3.63) is 99.8 Å². The molecule has 0 saturated carbocycles. The Morgan fingerprint density at radius 1 is 1.03 bits per heavy atom. The summed E-state index contributed by atoms with van der Waals surface area (Å²) >= 11 is 5.99. The summed E-state index contributed by atoms with van der Waals surface area (Å²) < 4.78 is 13.5. The Hall–Kier alpha value is -4.17. The molecule has 9 heteroatoms. The SMILES string of the molecule is O=C(O)C1=C[C@@H]2c3ccccc3N(C(=O)c3ccc(NC(=O)c4cc(F)ccc4Cl)cc3O)CCC2C1. The summed E-state index contributed by atoms with van der Waals surface area (Å²) in [7, 11) is 0. The fourth-order valence-corrected chi connectivity index (χ4v) is 5.26. The van der Waals surface area contributed by atoms with Gasteiger partial charge in [0.05, 0.1) is 16.1 Å². The van der Waals surface area contributed by atoms with Gasteiger partial charge in [0, 0.05) is 35.5 Å². The average molecular weight is 521 g/mol. The number of carboxylic acids is 1. The highest BCUT2D eigenvalue weighted by atomic mass is 35.5. The molecule has 3 aromatic carbocycles. The molecule has 0 spiro atoms. The van der Waals surface area contributed by atoms with Gasteiger partial charge in [-0.25, -0.2) is 9.18 Å². The summed E-state index contributed by atoms with van der Waals surface area (Å²) in [5.74, 6) is -3.00. The van der Waals surface area contributed by atoms with E-state index in [9.17, 15) is 29.0 Å². The first-order valence-electron chi connectivity index (χ1n) is 11.7. The van der Waals surface area contributed by atoms with Crippen LogP contribution in [0.1, 0.15) is 45.0 Å². The van der Waals surface area contributed by atoms with Gasteiger partial charge in [-0.1, -0.05) is 35.9 Å². The molecule has 0 fully saturated rings. The predicted molar refractivity (Wildman–Crippen MR) is 137 cm³/mol. The van der Waals surface area contributed by atoms with E-state index >= 15 is 0 Å². The Bertz CT molecular complexity index is 1470. The number of phenolic OH excluding ortho intramolecular Hbond substituents is 1. The summed E-state index contributed by atoms with van der Waals surface area (Å²) in [6, 6.07) is 14.9. The van der Waals surface area contributed by atoms with Gasteiger partial charge in [0.15, 0.2) is 0 Å². The lowest BCUT2D eigenvalue weighted by Crippen LogP contribution is -2.32. The van der Waals surface area contributed by atoms with Gasteiger partial charge in [-0.3, -0.25) is 9.59 Å². The van der Waals surface area contributed by atoms with E-state index in [-0.39, 0.29) is 39.4 Å². The number of rotatable bonds is 4. The van der Waals surface area contributed by atoms with Gasteiger partial charge in [0.1, 0.15) is 11.6 Å². The number of anilines is 2. The van der Waals surface area contributed by atoms with Crippen LogP contribution in [0.4, 0.5) is 15.8 Å². The van der Waals surface area contributed by atoms with Gasteiger partial charge < -0.3 is 20.4 Å². The van der Waals surface area contributed by atoms with Crippen LogP contribution in [-0.2, 0) is 4.79 Å². The molecule has 2 amide bonds. The molecule has 0 radical (unpaired) electrons. The van der Waals surface area contributed by atoms with Crippen molar-refractivity contribution in [1.29, 1.82) is 0 Å². The van der Waals surface area contributed by atoms with E-state index in [1.165, 1.54) is 24.3 Å². The van der Waals surface area contributed by atoms with Crippen molar-refractivity contribution < 1.29 is 29.0 Å². The lowest BCUT2D eigenvalue weighted by Gasteiger charge is -2.24. The average Bonchev–Trinajstić information content (AvgIpc) is 3.24. The standard InChI is InChI=1S/C28H22ClFN2O5/c29-23-8-5-17(30)13-22(23)26(34)31-18-6-7-20(25(33)14-18)27(35)32-10-9-15-11-16(28(36)37)12-21(15)19-3-1-2-4-24(19)32/h1-8,12-15,21,33H,9-11H2,(H,31,34)(H,36,37)/t15?,21-/m0/s1. The maximum atomic E-state index is 13.6. The van der Waals surface area contributed by atoms with E-state index in [4.69, 9.17) is 11.6 Å². The molecule has 37 heavy (non-hydrogen) atoms. The molecule has 1 heterocycles. The Morgan fingerprint density at radius 3 is 2.57 bits per heavy atom. The summed E-state index contributed by atoms with van der Waals surface area (Å²) in [6.07, 6.45) is 2.81. The maximum Gasteiger partial charge on any atom is 0.331 e. The van der Waals surface area contributed by atoms with Crippen molar-refractivity contribution >= 4 is 40.8 Å². The first-order valence-corrected chi connectivity index (χ1v) is 12.0. The fraction of sp³-hybridized carbons (Fsp3) is 0.179. The van der Waals surface area contributed by atoms with Gasteiger partial charge in [-0.15, -0.1) is 0 Å². The molecule has 1 aliphatic heterocycles. The first kappa shape index (κ1) is 24.5. The number of aromatic hydroxyl groups is 1. The quantitative estimate of drug-likeness (QED) is 0.415. The highest BCUT2D eigenvalue weighted by Gasteiger charge is 2.37. The van der Waals surface area contributed by atoms with E-state index in [0.29, 0.717) is 30.6 Å². The molecule has 1 unspecified atom stereocenters. The number of nitrogens with one attached hydrogen (secondary N) is 1. The molecule has 0 bridgehead atoms. The molecular formula is C28H22ClFN2O5. The van der Waals surface area contributed by atoms with Gasteiger partial charge in [0.25, 0.3) is 11.8 Å². The van der Waals surface area contributed by atoms with Gasteiger partial charge in [-0.05, 0) is 60.7 Å². The molecule has 2 atom stereocenters. The van der Waals surface area contributed by atoms with E-state index in [0.717, 1.165) is 17.7 Å². The van der Waals surface area contributed by atoms with Gasteiger partial charge in [-0.2, -0.15) is 0 Å². The van der Waals surface area contributed by atoms with Crippen molar-refractivity contribution in [2.45, 2.75) is 18.8 Å². The van der Waals surface area contributed by atoms with E-state index in [2.05, 4.69) is 5.32 Å². The lowest BCUT2D eigenvalue weighted by atomic mass is 9.87. The molecule has 1 aliphatic carbocycles. The zero-order chi connectivity index (χ0) is 26.3. The number of hydrogen-bond donors (Lipinski definition) is 3. The number of carbonyl (C=O) groups excluding carboxylic acids is 2. The number of allylic oxidation sites excluding steroid dienone is 1. The molecular weight excluding hydrogens is 499 g/mol. The van der Waals surface area contributed by atoms with Crippen molar-refractivity contribution in [3.63, 3.8) is 0 Å². The molecule has 188 valence electrons. The monoisotopic (exact) mass is 520 g/mol. The Kier molecular flexibility index (Phi) is 6.43. The molecule has 0 aromatic heterocycles. The smallest absolute Gasteiger partial charge is 0.331 e. The van der Waals surface area contributed by atoms with Gasteiger partial charge in [0.2, 0.25) is 0 Å². The van der Waals surface area contributed by atoms with Gasteiger partial charge >= 0.3 is 5.97 Å². The summed E-state index contributed by atoms with van der Waals surface area (Å²) in [5.41, 5.74) is 2.11. The molecule has 5 rings (SSSR count). The third-order valence-electron chi connectivity index (χ3n) is 6.86. The fourth-order valence-electron chi connectivity index (χ4n) is 5.06. The van der Waals surface area contributed by atoms with Crippen molar-refractivity contribution in [2.75, 3.05) is 16.8 Å². The minimum absolute atomic E-state index is 0.0467. The van der Waals surface area contributed by atoms with E-state index in [1.807, 2.05) is 24.3 Å². The van der Waals surface area contributed by atoms with Crippen LogP contribution in [0.2, 0.25) is 5.02 Å². The van der Waals surface area contributed by atoms with Crippen LogP contribution < -0.4 is 10.2 Å². The number of carbonyl (C=O) groups is 3. The van der Waals surface area contributed by atoms with Crippen molar-refractivity contribution in [1.82, 2.24) is 0 Å². The molecule has 0 saturated heterocycles. The lowest BCUT2D eigenvalue weighted by molar-refractivity contribution is -0.132. The van der Waals surface area contributed by atoms with Crippen LogP contribution in [-0.4, -0.2) is 34.5 Å². The third-order valence-corrected chi connectivity index (χ3v) is 7.19. The number of amides is 2. The zero-order valence-electron chi connectivity index (χ0n) is 19.4. The largest absolute Gasteiger partial charge is 0.507 e. The number of halogens is 2. The van der Waals surface area contributed by atoms with Crippen LogP contribution in [0.3, 0.4) is 0 Å². The Balaban J connectivity index is 1.41. The first-order chi connectivity index (χ1) is 17.7. The predicted octanol–water partition coefficient (Wildman–Crippen LogP) is 5.60. The topological polar surface area (TPSA) is 107 Å². The van der Waals surface area contributed by atoms with Crippen LogP contribution in [0.15, 0.2) is 72.3 Å². The van der Waals surface area contributed by atoms with Crippen molar-refractivity contribution in [3.8, 4) is 5.75 Å². The summed E-state index contributed by atoms with van der Waals surface area (Å²) in [6.45, 7) is 0.355. The molecule has 3 aromatic rings. The minimum Gasteiger partial charge on any atom is -0.507 e. The second kappa shape index (κ2) is 9.71. The molecule has 7 nitrogen and oxygen atoms in total. The highest BCUT2D eigenvalue weighted by Crippen LogP contribution is 2.46. The number of carboxylic acid groups (broad SMARTS) is 1. The second-order valence-electron chi connectivity index (χ2n) is 9.10. The Labute approximate surface area is 216 Å². The normalized spacial score (nSPS) is 18.3.